The number of halogens is 1. The molecule has 0 saturated carbocycles. The molecule has 1 aromatic heterocycles. The molecule has 1 aromatic rings. The van der Waals surface area contributed by atoms with Gasteiger partial charge in [0.25, 0.3) is 0 Å². The topological polar surface area (TPSA) is 12.9 Å². The van der Waals surface area contributed by atoms with Crippen molar-refractivity contribution in [2.75, 3.05) is 0 Å². The first kappa shape index (κ1) is 17.8. The average molecular weight is 409 g/mol. The van der Waals surface area contributed by atoms with Gasteiger partial charge in [0.1, 0.15) is 0 Å². The second kappa shape index (κ2) is 9.62. The van der Waals surface area contributed by atoms with Crippen LogP contribution in [0.15, 0.2) is 5.38 Å². The van der Waals surface area contributed by atoms with Crippen molar-refractivity contribution in [2.24, 2.45) is 0 Å². The molecule has 0 aliphatic carbocycles. The van der Waals surface area contributed by atoms with Gasteiger partial charge in [-0.1, -0.05) is 0 Å². The van der Waals surface area contributed by atoms with Crippen LogP contribution in [0.4, 0.5) is 0 Å². The predicted octanol–water partition coefficient (Wildman–Crippen LogP) is 5.85. The zero-order chi connectivity index (χ0) is 14.1. The molecule has 0 saturated heterocycles. The Labute approximate surface area is 132 Å². The summed E-state index contributed by atoms with van der Waals surface area (Å²) >= 11 is 5.49. The van der Waals surface area contributed by atoms with Gasteiger partial charge in [0, 0.05) is 0 Å². The van der Waals surface area contributed by atoms with E-state index in [9.17, 15) is 0 Å². The van der Waals surface area contributed by atoms with Gasteiger partial charge in [-0.25, -0.2) is 0 Å². The summed E-state index contributed by atoms with van der Waals surface area (Å²) in [7, 11) is 0. The molecule has 0 N–H and O–H groups in total. The fourth-order valence-corrected chi connectivity index (χ4v) is 20.9. The Morgan fingerprint density at radius 2 is 1.47 bits per heavy atom. The molecular weight excluding hydrogens is 380 g/mol. The molecule has 19 heavy (non-hydrogen) atoms. The Bertz CT molecular complexity index is 332. The zero-order valence-electron chi connectivity index (χ0n) is 12.7. The molecule has 1 nitrogen and oxygen atoms in total. The van der Waals surface area contributed by atoms with E-state index in [1.807, 2.05) is 0 Å². The van der Waals surface area contributed by atoms with Crippen molar-refractivity contribution < 1.29 is 0 Å². The number of aromatic nitrogens is 1. The molecule has 110 valence electrons. The van der Waals surface area contributed by atoms with Crippen molar-refractivity contribution in [1.29, 1.82) is 0 Å². The zero-order valence-corrected chi connectivity index (χ0v) is 17.1. The van der Waals surface area contributed by atoms with Crippen LogP contribution in [0, 0.1) is 0 Å². The Morgan fingerprint density at radius 3 is 1.79 bits per heavy atom. The van der Waals surface area contributed by atoms with Gasteiger partial charge < -0.3 is 0 Å². The Kier molecular flexibility index (Phi) is 9.00. The fraction of sp³-hybridized carbons (Fsp3) is 0.800. The molecule has 0 amide bonds. The molecular formula is C15H28ClNSSn. The summed E-state index contributed by atoms with van der Waals surface area (Å²) in [5.41, 5.74) is 0. The van der Waals surface area contributed by atoms with Crippen LogP contribution in [0.5, 0.6) is 0 Å². The number of unbranched alkanes of at least 4 members (excludes halogenated alkanes) is 3. The van der Waals surface area contributed by atoms with E-state index in [4.69, 9.17) is 16.6 Å². The Morgan fingerprint density at radius 1 is 1.00 bits per heavy atom. The van der Waals surface area contributed by atoms with Gasteiger partial charge in [-0.05, 0) is 0 Å². The van der Waals surface area contributed by atoms with E-state index >= 15 is 0 Å². The first-order valence-electron chi connectivity index (χ1n) is 7.80. The van der Waals surface area contributed by atoms with E-state index in [0.717, 1.165) is 4.47 Å². The molecule has 4 heteroatoms. The van der Waals surface area contributed by atoms with Crippen LogP contribution in [0.1, 0.15) is 59.3 Å². The second-order valence-electron chi connectivity index (χ2n) is 5.58. The van der Waals surface area contributed by atoms with Crippen LogP contribution in [0.2, 0.25) is 17.8 Å². The molecule has 0 aromatic carbocycles. The van der Waals surface area contributed by atoms with Gasteiger partial charge in [-0.2, -0.15) is 0 Å². The normalized spacial score (nSPS) is 12.0. The van der Waals surface area contributed by atoms with Gasteiger partial charge in [-0.3, -0.25) is 0 Å². The third-order valence-corrected chi connectivity index (χ3v) is 20.7. The van der Waals surface area contributed by atoms with Crippen molar-refractivity contribution >= 4 is 45.0 Å². The van der Waals surface area contributed by atoms with Crippen LogP contribution in [-0.2, 0) is 0 Å². The van der Waals surface area contributed by atoms with Crippen molar-refractivity contribution in [1.82, 2.24) is 4.98 Å². The number of thiazole rings is 1. The standard InChI is InChI=1S/3C4H9.C3HClNS.Sn/c3*1-3-4-2;4-3-5-1-2-6-3;/h3*1,3-4H2,2H3;2H;. The molecule has 1 rings (SSSR count). The van der Waals surface area contributed by atoms with Crippen LogP contribution in [0.3, 0.4) is 0 Å². The van der Waals surface area contributed by atoms with Crippen molar-refractivity contribution in [3.05, 3.63) is 9.85 Å². The van der Waals surface area contributed by atoms with Crippen LogP contribution >= 0.6 is 22.9 Å². The fourth-order valence-electron chi connectivity index (χ4n) is 2.80. The summed E-state index contributed by atoms with van der Waals surface area (Å²) in [5.74, 6) is 0. The maximum absolute atomic E-state index is 6.11. The van der Waals surface area contributed by atoms with Gasteiger partial charge >= 0.3 is 132 Å². The predicted molar refractivity (Wildman–Crippen MR) is 91.7 cm³/mol. The number of hydrogen-bond acceptors (Lipinski definition) is 2. The van der Waals surface area contributed by atoms with Crippen molar-refractivity contribution in [2.45, 2.75) is 72.6 Å². The van der Waals surface area contributed by atoms with E-state index in [1.165, 1.54) is 55.5 Å². The molecule has 0 fully saturated rings. The molecule has 0 atom stereocenters. The van der Waals surface area contributed by atoms with E-state index in [-0.39, 0.29) is 0 Å². The summed E-state index contributed by atoms with van der Waals surface area (Å²) in [6.07, 6.45) is 8.11. The van der Waals surface area contributed by atoms with Crippen molar-refractivity contribution in [3.63, 3.8) is 0 Å². The maximum atomic E-state index is 6.11. The molecule has 1 heterocycles. The summed E-state index contributed by atoms with van der Waals surface area (Å²) in [4.78, 5) is 4.72. The summed E-state index contributed by atoms with van der Waals surface area (Å²) in [6, 6.07) is 0. The van der Waals surface area contributed by atoms with Crippen molar-refractivity contribution in [3.8, 4) is 0 Å². The number of nitrogens with zero attached hydrogens (tertiary/aromatic N) is 1. The SMILES string of the molecule is CCC[CH2][Sn]([CH2]CCC)([CH2]CCC)[c]1csc(Cl)n1. The van der Waals surface area contributed by atoms with Gasteiger partial charge in [0.05, 0.1) is 0 Å². The molecule has 0 unspecified atom stereocenters. The molecule has 0 aliphatic heterocycles. The van der Waals surface area contributed by atoms with Crippen LogP contribution in [0.25, 0.3) is 0 Å². The molecule has 0 spiro atoms. The Balaban J connectivity index is 2.93. The van der Waals surface area contributed by atoms with E-state index < -0.39 is 18.4 Å². The Hall–Kier alpha value is 0.719. The minimum absolute atomic E-state index is 0.751. The summed E-state index contributed by atoms with van der Waals surface area (Å²) in [6.45, 7) is 6.93. The minimum atomic E-state index is -2.26. The first-order valence-corrected chi connectivity index (χ1v) is 16.5. The number of rotatable bonds is 10. The van der Waals surface area contributed by atoms with E-state index in [0.29, 0.717) is 0 Å². The third kappa shape index (κ3) is 5.54. The van der Waals surface area contributed by atoms with Crippen LogP contribution in [-0.4, -0.2) is 23.4 Å². The second-order valence-corrected chi connectivity index (χ2v) is 20.1. The van der Waals surface area contributed by atoms with Gasteiger partial charge in [0.2, 0.25) is 0 Å². The quantitative estimate of drug-likeness (QED) is 0.442. The van der Waals surface area contributed by atoms with E-state index in [1.54, 1.807) is 11.3 Å². The van der Waals surface area contributed by atoms with Gasteiger partial charge in [-0.15, -0.1) is 0 Å². The first-order chi connectivity index (χ1) is 9.18. The monoisotopic (exact) mass is 409 g/mol. The summed E-state index contributed by atoms with van der Waals surface area (Å²) in [5, 5.41) is 2.29. The molecule has 0 radical (unpaired) electrons. The summed E-state index contributed by atoms with van der Waals surface area (Å²) < 4.78 is 6.65. The average Bonchev–Trinajstić information content (AvgIpc) is 2.85. The number of hydrogen-bond donors (Lipinski definition) is 0. The van der Waals surface area contributed by atoms with E-state index in [2.05, 4.69) is 26.2 Å². The third-order valence-electron chi connectivity index (χ3n) is 4.05. The molecule has 0 bridgehead atoms. The van der Waals surface area contributed by atoms with Crippen LogP contribution < -0.4 is 3.71 Å². The van der Waals surface area contributed by atoms with Gasteiger partial charge in [0.15, 0.2) is 0 Å². The molecule has 0 aliphatic rings.